The van der Waals surface area contributed by atoms with E-state index in [4.69, 9.17) is 4.74 Å². The number of esters is 1. The monoisotopic (exact) mass is 270 g/mol. The predicted molar refractivity (Wildman–Crippen MR) is 71.8 cm³/mol. The Bertz CT molecular complexity index is 457. The molecule has 0 aliphatic carbocycles. The Hall–Kier alpha value is -1.30. The molecule has 5 nitrogen and oxygen atoms in total. The van der Waals surface area contributed by atoms with Gasteiger partial charge >= 0.3 is 5.97 Å². The van der Waals surface area contributed by atoms with Gasteiger partial charge < -0.3 is 9.72 Å². The van der Waals surface area contributed by atoms with E-state index in [1.165, 1.54) is 6.20 Å². The Morgan fingerprint density at radius 2 is 2.28 bits per heavy atom. The van der Waals surface area contributed by atoms with Crippen molar-refractivity contribution in [3.63, 3.8) is 0 Å². The van der Waals surface area contributed by atoms with Gasteiger partial charge in [-0.2, -0.15) is 11.8 Å². The topological polar surface area (TPSA) is 72.0 Å². The number of hydrogen-bond acceptors (Lipinski definition) is 5. The van der Waals surface area contributed by atoms with Crippen LogP contribution >= 0.6 is 11.8 Å². The summed E-state index contributed by atoms with van der Waals surface area (Å²) in [6.45, 7) is 6.20. The van der Waals surface area contributed by atoms with Crippen LogP contribution in [0, 0.1) is 5.92 Å². The van der Waals surface area contributed by atoms with Gasteiger partial charge in [0.15, 0.2) is 0 Å². The van der Waals surface area contributed by atoms with Crippen molar-refractivity contribution in [2.24, 2.45) is 5.92 Å². The summed E-state index contributed by atoms with van der Waals surface area (Å²) in [4.78, 5) is 29.7. The minimum absolute atomic E-state index is 0.0468. The van der Waals surface area contributed by atoms with Crippen LogP contribution in [0.1, 0.15) is 37.0 Å². The van der Waals surface area contributed by atoms with E-state index in [1.54, 1.807) is 18.7 Å². The fourth-order valence-electron chi connectivity index (χ4n) is 1.25. The van der Waals surface area contributed by atoms with Crippen molar-refractivity contribution < 1.29 is 9.53 Å². The Labute approximate surface area is 110 Å². The van der Waals surface area contributed by atoms with Crippen LogP contribution < -0.4 is 5.56 Å². The number of carbonyl (C=O) groups excluding carboxylic acids is 1. The zero-order chi connectivity index (χ0) is 13.5. The zero-order valence-corrected chi connectivity index (χ0v) is 11.7. The summed E-state index contributed by atoms with van der Waals surface area (Å²) >= 11 is 1.70. The van der Waals surface area contributed by atoms with Crippen LogP contribution in [0.3, 0.4) is 0 Å². The Morgan fingerprint density at radius 1 is 1.56 bits per heavy atom. The highest BCUT2D eigenvalue weighted by atomic mass is 32.2. The van der Waals surface area contributed by atoms with Crippen molar-refractivity contribution >= 4 is 17.7 Å². The average Bonchev–Trinajstić information content (AvgIpc) is 2.28. The fraction of sp³-hybridized carbons (Fsp3) is 0.583. The number of aromatic nitrogens is 2. The van der Waals surface area contributed by atoms with E-state index in [0.29, 0.717) is 17.5 Å². The lowest BCUT2D eigenvalue weighted by molar-refractivity contribution is 0.0523. The second kappa shape index (κ2) is 7.20. The Morgan fingerprint density at radius 3 is 2.83 bits per heavy atom. The number of nitrogens with zero attached hydrogens (tertiary/aromatic N) is 1. The first kappa shape index (κ1) is 14.8. The van der Waals surface area contributed by atoms with Gasteiger partial charge in [-0.15, -0.1) is 0 Å². The lowest BCUT2D eigenvalue weighted by Crippen LogP contribution is -2.21. The number of aromatic amines is 1. The molecule has 0 aromatic carbocycles. The van der Waals surface area contributed by atoms with Crippen LogP contribution in [0.4, 0.5) is 0 Å². The van der Waals surface area contributed by atoms with E-state index in [2.05, 4.69) is 23.8 Å². The number of H-pyrrole nitrogens is 1. The summed E-state index contributed by atoms with van der Waals surface area (Å²) in [6, 6.07) is 0. The molecule has 1 aromatic rings. The molecule has 0 amide bonds. The number of hydrogen-bond donors (Lipinski definition) is 1. The van der Waals surface area contributed by atoms with Gasteiger partial charge in [-0.05, 0) is 18.6 Å². The molecule has 0 aliphatic rings. The van der Waals surface area contributed by atoms with Gasteiger partial charge in [0.05, 0.1) is 12.4 Å². The summed E-state index contributed by atoms with van der Waals surface area (Å²) in [7, 11) is 0. The molecule has 0 spiro atoms. The molecule has 0 saturated carbocycles. The van der Waals surface area contributed by atoms with E-state index < -0.39 is 11.5 Å². The lowest BCUT2D eigenvalue weighted by atomic mass is 10.3. The highest BCUT2D eigenvalue weighted by molar-refractivity contribution is 7.98. The third-order valence-corrected chi connectivity index (χ3v) is 3.42. The number of ether oxygens (including phenoxy) is 1. The SMILES string of the molecule is CCOC(=O)c1cnc(CSCC(C)C)[nH]c1=O. The first-order valence-electron chi connectivity index (χ1n) is 5.87. The Balaban J connectivity index is 2.68. The molecule has 0 atom stereocenters. The smallest absolute Gasteiger partial charge is 0.345 e. The minimum atomic E-state index is -0.632. The Kier molecular flexibility index (Phi) is 5.91. The first-order valence-corrected chi connectivity index (χ1v) is 7.03. The molecule has 6 heteroatoms. The normalized spacial score (nSPS) is 10.7. The molecule has 1 aromatic heterocycles. The third kappa shape index (κ3) is 4.52. The summed E-state index contributed by atoms with van der Waals surface area (Å²) in [5, 5.41) is 0. The van der Waals surface area contributed by atoms with Gasteiger partial charge in [0.1, 0.15) is 11.4 Å². The average molecular weight is 270 g/mol. The maximum absolute atomic E-state index is 11.6. The van der Waals surface area contributed by atoms with E-state index in [9.17, 15) is 9.59 Å². The second-order valence-electron chi connectivity index (χ2n) is 4.20. The minimum Gasteiger partial charge on any atom is -0.462 e. The van der Waals surface area contributed by atoms with Crippen molar-refractivity contribution in [1.29, 1.82) is 0 Å². The van der Waals surface area contributed by atoms with E-state index in [-0.39, 0.29) is 12.2 Å². The summed E-state index contributed by atoms with van der Waals surface area (Å²) < 4.78 is 4.76. The molecule has 100 valence electrons. The van der Waals surface area contributed by atoms with Gasteiger partial charge in [-0.1, -0.05) is 13.8 Å². The quantitative estimate of drug-likeness (QED) is 0.798. The molecule has 0 bridgehead atoms. The van der Waals surface area contributed by atoms with Crippen molar-refractivity contribution in [2.45, 2.75) is 26.5 Å². The van der Waals surface area contributed by atoms with Crippen molar-refractivity contribution in [2.75, 3.05) is 12.4 Å². The largest absolute Gasteiger partial charge is 0.462 e. The van der Waals surface area contributed by atoms with Gasteiger partial charge in [0.25, 0.3) is 5.56 Å². The van der Waals surface area contributed by atoms with Crippen LogP contribution in [-0.2, 0) is 10.5 Å². The molecule has 1 N–H and O–H groups in total. The fourth-order valence-corrected chi connectivity index (χ4v) is 2.18. The first-order chi connectivity index (χ1) is 8.54. The van der Waals surface area contributed by atoms with E-state index in [1.807, 2.05) is 0 Å². The molecule has 0 radical (unpaired) electrons. The van der Waals surface area contributed by atoms with Gasteiger partial charge in [0.2, 0.25) is 0 Å². The standard InChI is InChI=1S/C12H18N2O3S/c1-4-17-12(16)9-5-13-10(14-11(9)15)7-18-6-8(2)3/h5,8H,4,6-7H2,1-3H3,(H,13,14,15). The zero-order valence-electron chi connectivity index (χ0n) is 10.9. The summed E-state index contributed by atoms with van der Waals surface area (Å²) in [5.41, 5.74) is -0.488. The number of nitrogens with one attached hydrogen (secondary N) is 1. The van der Waals surface area contributed by atoms with Crippen LogP contribution in [-0.4, -0.2) is 28.3 Å². The maximum atomic E-state index is 11.6. The second-order valence-corrected chi connectivity index (χ2v) is 5.23. The molecular formula is C12H18N2O3S. The van der Waals surface area contributed by atoms with Gasteiger partial charge in [-0.25, -0.2) is 9.78 Å². The molecule has 0 fully saturated rings. The van der Waals surface area contributed by atoms with Gasteiger partial charge in [-0.3, -0.25) is 4.79 Å². The molecule has 0 unspecified atom stereocenters. The van der Waals surface area contributed by atoms with E-state index in [0.717, 1.165) is 5.75 Å². The lowest BCUT2D eigenvalue weighted by Gasteiger charge is -2.05. The van der Waals surface area contributed by atoms with Crippen molar-refractivity contribution in [1.82, 2.24) is 9.97 Å². The summed E-state index contributed by atoms with van der Waals surface area (Å²) in [5.74, 6) is 2.19. The predicted octanol–water partition coefficient (Wildman–Crippen LogP) is 1.84. The van der Waals surface area contributed by atoms with Crippen LogP contribution in [0.15, 0.2) is 11.0 Å². The molecule has 0 saturated heterocycles. The van der Waals surface area contributed by atoms with Crippen LogP contribution in [0.2, 0.25) is 0 Å². The maximum Gasteiger partial charge on any atom is 0.345 e. The van der Waals surface area contributed by atoms with Crippen LogP contribution in [0.5, 0.6) is 0 Å². The third-order valence-electron chi connectivity index (χ3n) is 2.04. The molecule has 18 heavy (non-hydrogen) atoms. The van der Waals surface area contributed by atoms with E-state index >= 15 is 0 Å². The van der Waals surface area contributed by atoms with Crippen molar-refractivity contribution in [3.05, 3.63) is 27.9 Å². The highest BCUT2D eigenvalue weighted by Gasteiger charge is 2.12. The molecule has 1 rings (SSSR count). The summed E-state index contributed by atoms with van der Waals surface area (Å²) in [6.07, 6.45) is 1.28. The van der Waals surface area contributed by atoms with Gasteiger partial charge in [0, 0.05) is 6.20 Å². The molecule has 1 heterocycles. The number of rotatable bonds is 6. The number of carbonyl (C=O) groups is 1. The molecule has 0 aliphatic heterocycles. The van der Waals surface area contributed by atoms with Crippen LogP contribution in [0.25, 0.3) is 0 Å². The highest BCUT2D eigenvalue weighted by Crippen LogP contribution is 2.11. The van der Waals surface area contributed by atoms with Crippen molar-refractivity contribution in [3.8, 4) is 0 Å². The molecular weight excluding hydrogens is 252 g/mol. The number of thioether (sulfide) groups is 1.